The van der Waals surface area contributed by atoms with Crippen LogP contribution in [0.3, 0.4) is 0 Å². The molecular weight excluding hydrogens is 517 g/mol. The van der Waals surface area contributed by atoms with Gasteiger partial charge >= 0.3 is 12.2 Å². The fourth-order valence-corrected chi connectivity index (χ4v) is 4.56. The van der Waals surface area contributed by atoms with Crippen LogP contribution >= 0.6 is 23.4 Å². The summed E-state index contributed by atoms with van der Waals surface area (Å²) in [4.78, 5) is 37.1. The van der Waals surface area contributed by atoms with Crippen molar-refractivity contribution in [1.82, 2.24) is 25.5 Å². The first-order valence-corrected chi connectivity index (χ1v) is 12.7. The van der Waals surface area contributed by atoms with Crippen molar-refractivity contribution in [2.75, 3.05) is 30.3 Å². The molecule has 2 heterocycles. The highest BCUT2D eigenvalue weighted by molar-refractivity contribution is 7.99. The summed E-state index contributed by atoms with van der Waals surface area (Å²) in [6.45, 7) is 7.38. The molecule has 0 radical (unpaired) electrons. The number of aromatic nitrogens is 2. The van der Waals surface area contributed by atoms with Gasteiger partial charge in [0.05, 0.1) is 11.3 Å². The van der Waals surface area contributed by atoms with Gasteiger partial charge < -0.3 is 20.4 Å². The molecule has 8 nitrogen and oxygen atoms in total. The summed E-state index contributed by atoms with van der Waals surface area (Å²) in [6, 6.07) is 6.33. The van der Waals surface area contributed by atoms with Crippen molar-refractivity contribution >= 4 is 41.1 Å². The van der Waals surface area contributed by atoms with Gasteiger partial charge in [0.2, 0.25) is 5.91 Å². The van der Waals surface area contributed by atoms with Gasteiger partial charge in [-0.3, -0.25) is 4.79 Å². The van der Waals surface area contributed by atoms with Gasteiger partial charge in [0, 0.05) is 44.3 Å². The molecule has 36 heavy (non-hydrogen) atoms. The molecule has 1 saturated heterocycles. The summed E-state index contributed by atoms with van der Waals surface area (Å²) in [5.41, 5.74) is -0.418. The molecule has 2 N–H and O–H groups in total. The molecule has 1 aliphatic heterocycles. The van der Waals surface area contributed by atoms with Crippen LogP contribution in [0.5, 0.6) is 0 Å². The number of halogens is 4. The molecule has 13 heteroatoms. The Morgan fingerprint density at radius 3 is 2.64 bits per heavy atom. The van der Waals surface area contributed by atoms with E-state index >= 15 is 0 Å². The fourth-order valence-electron chi connectivity index (χ4n) is 3.65. The number of benzene rings is 1. The lowest BCUT2D eigenvalue weighted by atomic mass is 10.1. The third-order valence-corrected chi connectivity index (χ3v) is 6.40. The number of carbonyl (C=O) groups is 2. The quantitative estimate of drug-likeness (QED) is 0.309. The molecule has 3 rings (SSSR count). The maximum absolute atomic E-state index is 12.9. The van der Waals surface area contributed by atoms with Crippen LogP contribution in [-0.4, -0.2) is 64.3 Å². The number of carbonyl (C=O) groups excluding carboxylic acids is 2. The summed E-state index contributed by atoms with van der Waals surface area (Å²) in [5.74, 6) is 0.191. The number of anilines is 1. The third-order valence-electron chi connectivity index (χ3n) is 5.36. The molecule has 2 aromatic rings. The number of nitrogens with zero attached hydrogens (tertiary/aromatic N) is 4. The molecule has 1 fully saturated rings. The Bertz CT molecular complexity index is 1090. The minimum atomic E-state index is -4.44. The zero-order valence-electron chi connectivity index (χ0n) is 20.1. The Morgan fingerprint density at radius 1 is 1.22 bits per heavy atom. The van der Waals surface area contributed by atoms with Crippen LogP contribution in [0.2, 0.25) is 5.15 Å². The Morgan fingerprint density at radius 2 is 1.97 bits per heavy atom. The first-order chi connectivity index (χ1) is 16.9. The van der Waals surface area contributed by atoms with E-state index in [9.17, 15) is 22.8 Å². The largest absolute Gasteiger partial charge is 0.416 e. The Labute approximate surface area is 217 Å². The zero-order chi connectivity index (χ0) is 26.5. The van der Waals surface area contributed by atoms with Crippen LogP contribution in [0.1, 0.15) is 31.9 Å². The maximum atomic E-state index is 12.9. The molecule has 1 aromatic heterocycles. The molecule has 0 saturated carbocycles. The summed E-state index contributed by atoms with van der Waals surface area (Å²) in [5, 5.41) is 6.04. The van der Waals surface area contributed by atoms with E-state index in [4.69, 9.17) is 11.6 Å². The van der Waals surface area contributed by atoms with Crippen molar-refractivity contribution in [2.24, 2.45) is 0 Å². The minimum absolute atomic E-state index is 0.0295. The number of rotatable bonds is 7. The van der Waals surface area contributed by atoms with Gasteiger partial charge in [-0.2, -0.15) is 13.2 Å². The predicted molar refractivity (Wildman–Crippen MR) is 133 cm³/mol. The zero-order valence-corrected chi connectivity index (χ0v) is 21.7. The molecule has 3 amide bonds. The molecule has 1 aliphatic rings. The second-order valence-corrected chi connectivity index (χ2v) is 10.0. The lowest BCUT2D eigenvalue weighted by Gasteiger charge is -2.40. The third kappa shape index (κ3) is 7.89. The van der Waals surface area contributed by atoms with Crippen LogP contribution in [0.25, 0.3) is 0 Å². The highest BCUT2D eigenvalue weighted by Crippen LogP contribution is 2.29. The number of nitrogens with one attached hydrogen (secondary N) is 2. The molecule has 196 valence electrons. The van der Waals surface area contributed by atoms with E-state index in [0.29, 0.717) is 36.2 Å². The molecule has 1 aromatic carbocycles. The number of hydrogen-bond acceptors (Lipinski definition) is 6. The lowest BCUT2D eigenvalue weighted by molar-refractivity contribution is -0.137. The van der Waals surface area contributed by atoms with E-state index in [1.54, 1.807) is 11.0 Å². The van der Waals surface area contributed by atoms with E-state index in [-0.39, 0.29) is 41.5 Å². The van der Waals surface area contributed by atoms with Crippen molar-refractivity contribution < 1.29 is 22.8 Å². The first kappa shape index (κ1) is 27.9. The Kier molecular flexibility index (Phi) is 9.29. The summed E-state index contributed by atoms with van der Waals surface area (Å²) in [6.07, 6.45) is -4.44. The number of hydrogen-bond donors (Lipinski definition) is 2. The number of alkyl halides is 3. The van der Waals surface area contributed by atoms with Crippen molar-refractivity contribution in [3.8, 4) is 0 Å². The smallest absolute Gasteiger partial charge is 0.353 e. The number of piperazine rings is 1. The highest BCUT2D eigenvalue weighted by Gasteiger charge is 2.30. The summed E-state index contributed by atoms with van der Waals surface area (Å²) >= 11 is 7.27. The van der Waals surface area contributed by atoms with E-state index in [1.807, 2.05) is 25.7 Å². The molecule has 1 atom stereocenters. The van der Waals surface area contributed by atoms with E-state index < -0.39 is 11.7 Å². The average molecular weight is 545 g/mol. The molecule has 0 bridgehead atoms. The number of thioether (sulfide) groups is 1. The fraction of sp³-hybridized carbons (Fsp3) is 0.478. The topological polar surface area (TPSA) is 90.5 Å². The first-order valence-electron chi connectivity index (χ1n) is 11.3. The number of urea groups is 1. The van der Waals surface area contributed by atoms with Crippen LogP contribution in [0, 0.1) is 0 Å². The lowest BCUT2D eigenvalue weighted by Crippen LogP contribution is -2.57. The van der Waals surface area contributed by atoms with Gasteiger partial charge in [0.15, 0.2) is 5.16 Å². The van der Waals surface area contributed by atoms with E-state index in [2.05, 4.69) is 20.6 Å². The molecular formula is C23H28ClF3N6O2S. The van der Waals surface area contributed by atoms with Gasteiger partial charge in [-0.15, -0.1) is 0 Å². The van der Waals surface area contributed by atoms with Gasteiger partial charge in [0.25, 0.3) is 0 Å². The molecule has 0 spiro atoms. The van der Waals surface area contributed by atoms with Gasteiger partial charge in [-0.1, -0.05) is 35.5 Å². The van der Waals surface area contributed by atoms with E-state index in [1.165, 1.54) is 12.1 Å². The van der Waals surface area contributed by atoms with Crippen molar-refractivity contribution in [1.29, 1.82) is 0 Å². The number of amides is 3. The van der Waals surface area contributed by atoms with Crippen LogP contribution in [0.15, 0.2) is 35.5 Å². The molecule has 0 aliphatic carbocycles. The SMILES string of the molecule is CC(C)NC(=O)N1CCN(c2cc(Cl)nc(SCC(=O)NCc3cccc(C(F)(F)F)c3)n2)CC1C. The van der Waals surface area contributed by atoms with E-state index in [0.717, 1.165) is 23.9 Å². The average Bonchev–Trinajstić information content (AvgIpc) is 2.80. The highest BCUT2D eigenvalue weighted by atomic mass is 35.5. The summed E-state index contributed by atoms with van der Waals surface area (Å²) in [7, 11) is 0. The van der Waals surface area contributed by atoms with Crippen LogP contribution in [-0.2, 0) is 17.5 Å². The van der Waals surface area contributed by atoms with Crippen molar-refractivity contribution in [3.63, 3.8) is 0 Å². The normalized spacial score (nSPS) is 16.3. The van der Waals surface area contributed by atoms with Crippen LogP contribution in [0.4, 0.5) is 23.8 Å². The minimum Gasteiger partial charge on any atom is -0.353 e. The molecule has 1 unspecified atom stereocenters. The monoisotopic (exact) mass is 544 g/mol. The van der Waals surface area contributed by atoms with Crippen molar-refractivity contribution in [2.45, 2.75) is 50.7 Å². The van der Waals surface area contributed by atoms with Crippen molar-refractivity contribution in [3.05, 3.63) is 46.6 Å². The summed E-state index contributed by atoms with van der Waals surface area (Å²) < 4.78 is 38.6. The van der Waals surface area contributed by atoms with Crippen LogP contribution < -0.4 is 15.5 Å². The Balaban J connectivity index is 1.55. The second-order valence-electron chi connectivity index (χ2n) is 8.69. The second kappa shape index (κ2) is 12.0. The maximum Gasteiger partial charge on any atom is 0.416 e. The van der Waals surface area contributed by atoms with Gasteiger partial charge in [-0.25, -0.2) is 14.8 Å². The van der Waals surface area contributed by atoms with Gasteiger partial charge in [0.1, 0.15) is 11.0 Å². The standard InChI is InChI=1S/C23H28ClF3N6O2S/c1-14(2)29-22(35)33-8-7-32(12-15(33)3)19-10-18(24)30-21(31-19)36-13-20(34)28-11-16-5-4-6-17(9-16)23(25,26)27/h4-6,9-10,14-15H,7-8,11-13H2,1-3H3,(H,28,34)(H,29,35). The predicted octanol–water partition coefficient (Wildman–Crippen LogP) is 4.19. The Hall–Kier alpha value is -2.73. The van der Waals surface area contributed by atoms with Gasteiger partial charge in [-0.05, 0) is 38.5 Å².